The van der Waals surface area contributed by atoms with Crippen molar-refractivity contribution in [2.75, 3.05) is 6.61 Å². The molecule has 4 nitrogen and oxygen atoms in total. The van der Waals surface area contributed by atoms with Crippen molar-refractivity contribution in [1.82, 2.24) is 4.57 Å². The molecule has 0 saturated heterocycles. The molecule has 0 amide bonds. The normalized spacial score (nSPS) is 11.7. The first-order valence-electron chi connectivity index (χ1n) is 10.1. The SMILES string of the molecule is Cc1ccc(S(=O)(=O)OCCCCCCCCCCCn2cccc2)cc1. The van der Waals surface area contributed by atoms with Crippen LogP contribution in [0.3, 0.4) is 0 Å². The van der Waals surface area contributed by atoms with E-state index in [9.17, 15) is 8.42 Å². The quantitative estimate of drug-likeness (QED) is 0.306. The molecule has 0 fully saturated rings. The smallest absolute Gasteiger partial charge is 0.296 e. The van der Waals surface area contributed by atoms with Crippen molar-refractivity contribution in [1.29, 1.82) is 0 Å². The van der Waals surface area contributed by atoms with Crippen molar-refractivity contribution >= 4 is 10.1 Å². The van der Waals surface area contributed by atoms with Crippen molar-refractivity contribution in [3.8, 4) is 0 Å². The Bertz CT molecular complexity index is 721. The lowest BCUT2D eigenvalue weighted by Crippen LogP contribution is -2.07. The fourth-order valence-electron chi connectivity index (χ4n) is 3.09. The fraction of sp³-hybridized carbons (Fsp3) is 0.545. The maximum Gasteiger partial charge on any atom is 0.296 e. The molecule has 2 rings (SSSR count). The molecule has 0 aliphatic heterocycles. The van der Waals surface area contributed by atoms with E-state index in [0.717, 1.165) is 31.4 Å². The molecule has 1 aromatic heterocycles. The molecular formula is C22H33NO3S. The summed E-state index contributed by atoms with van der Waals surface area (Å²) in [6, 6.07) is 10.9. The highest BCUT2D eigenvalue weighted by molar-refractivity contribution is 7.86. The molecule has 0 aliphatic rings. The Morgan fingerprint density at radius 2 is 1.30 bits per heavy atom. The van der Waals surface area contributed by atoms with E-state index in [4.69, 9.17) is 4.18 Å². The van der Waals surface area contributed by atoms with Gasteiger partial charge < -0.3 is 4.57 Å². The topological polar surface area (TPSA) is 48.3 Å². The first-order chi connectivity index (χ1) is 13.1. The van der Waals surface area contributed by atoms with Crippen LogP contribution in [0.4, 0.5) is 0 Å². The highest BCUT2D eigenvalue weighted by atomic mass is 32.2. The van der Waals surface area contributed by atoms with Crippen molar-refractivity contribution in [2.45, 2.75) is 76.2 Å². The summed E-state index contributed by atoms with van der Waals surface area (Å²) in [6.45, 7) is 3.33. The van der Waals surface area contributed by atoms with E-state index in [0.29, 0.717) is 0 Å². The second-order valence-corrected chi connectivity index (χ2v) is 8.81. The molecule has 5 heteroatoms. The van der Waals surface area contributed by atoms with Crippen LogP contribution >= 0.6 is 0 Å². The van der Waals surface area contributed by atoms with Crippen LogP contribution in [0.15, 0.2) is 53.7 Å². The highest BCUT2D eigenvalue weighted by Crippen LogP contribution is 2.15. The van der Waals surface area contributed by atoms with Gasteiger partial charge in [0.2, 0.25) is 0 Å². The predicted molar refractivity (Wildman–Crippen MR) is 110 cm³/mol. The average molecular weight is 392 g/mol. The number of unbranched alkanes of at least 4 members (excludes halogenated alkanes) is 8. The first-order valence-corrected chi connectivity index (χ1v) is 11.6. The van der Waals surface area contributed by atoms with Crippen molar-refractivity contribution in [3.63, 3.8) is 0 Å². The molecule has 0 atom stereocenters. The number of hydrogen-bond acceptors (Lipinski definition) is 3. The minimum absolute atomic E-state index is 0.241. The molecule has 0 unspecified atom stereocenters. The van der Waals surface area contributed by atoms with Gasteiger partial charge in [0.1, 0.15) is 0 Å². The van der Waals surface area contributed by atoms with Gasteiger partial charge in [0.15, 0.2) is 0 Å². The van der Waals surface area contributed by atoms with Crippen LogP contribution in [0.2, 0.25) is 0 Å². The van der Waals surface area contributed by atoms with Gasteiger partial charge in [-0.25, -0.2) is 0 Å². The monoisotopic (exact) mass is 391 g/mol. The van der Waals surface area contributed by atoms with E-state index in [-0.39, 0.29) is 11.5 Å². The summed E-state index contributed by atoms with van der Waals surface area (Å²) in [6.07, 6.45) is 14.9. The number of benzene rings is 1. The molecule has 1 heterocycles. The number of aryl methyl sites for hydroxylation is 2. The van der Waals surface area contributed by atoms with Crippen LogP contribution in [0.1, 0.15) is 63.4 Å². The third kappa shape index (κ3) is 8.76. The molecule has 0 bridgehead atoms. The Morgan fingerprint density at radius 1 is 0.778 bits per heavy atom. The van der Waals surface area contributed by atoms with Crippen LogP contribution in [-0.4, -0.2) is 19.6 Å². The Balaban J connectivity index is 1.41. The summed E-state index contributed by atoms with van der Waals surface area (Å²) < 4.78 is 31.5. The Labute approximate surface area is 164 Å². The molecule has 150 valence electrons. The van der Waals surface area contributed by atoms with E-state index < -0.39 is 10.1 Å². The summed E-state index contributed by atoms with van der Waals surface area (Å²) >= 11 is 0. The van der Waals surface area contributed by atoms with Gasteiger partial charge in [-0.3, -0.25) is 4.18 Å². The Hall–Kier alpha value is -1.59. The van der Waals surface area contributed by atoms with Gasteiger partial charge in [0, 0.05) is 18.9 Å². The largest absolute Gasteiger partial charge is 0.354 e. The van der Waals surface area contributed by atoms with Crippen molar-refractivity contribution < 1.29 is 12.6 Å². The molecular weight excluding hydrogens is 358 g/mol. The molecule has 0 radical (unpaired) electrons. The van der Waals surface area contributed by atoms with Gasteiger partial charge in [-0.05, 0) is 44.0 Å². The average Bonchev–Trinajstić information content (AvgIpc) is 3.16. The second kappa shape index (κ2) is 12.0. The maximum absolute atomic E-state index is 12.1. The van der Waals surface area contributed by atoms with Crippen molar-refractivity contribution in [2.24, 2.45) is 0 Å². The molecule has 0 N–H and O–H groups in total. The third-order valence-electron chi connectivity index (χ3n) is 4.77. The standard InChI is InChI=1S/C22H33NO3S/c1-21-13-15-22(16-14-21)27(24,25)26-20-12-8-6-4-2-3-5-7-9-17-23-18-10-11-19-23/h10-11,13-16,18-19H,2-9,12,17,20H2,1H3. The van der Waals surface area contributed by atoms with Gasteiger partial charge >= 0.3 is 0 Å². The van der Waals surface area contributed by atoms with E-state index in [1.807, 2.05) is 6.92 Å². The van der Waals surface area contributed by atoms with Gasteiger partial charge in [-0.2, -0.15) is 8.42 Å². The zero-order valence-electron chi connectivity index (χ0n) is 16.5. The van der Waals surface area contributed by atoms with E-state index >= 15 is 0 Å². The van der Waals surface area contributed by atoms with E-state index in [2.05, 4.69) is 29.1 Å². The van der Waals surface area contributed by atoms with Gasteiger partial charge in [-0.1, -0.05) is 62.6 Å². The van der Waals surface area contributed by atoms with Crippen LogP contribution in [0.5, 0.6) is 0 Å². The third-order valence-corrected chi connectivity index (χ3v) is 6.10. The predicted octanol–water partition coefficient (Wildman–Crippen LogP) is 5.71. The number of aromatic nitrogens is 1. The lowest BCUT2D eigenvalue weighted by Gasteiger charge is -2.06. The van der Waals surface area contributed by atoms with Crippen LogP contribution in [0, 0.1) is 6.92 Å². The lowest BCUT2D eigenvalue weighted by molar-refractivity contribution is 0.306. The highest BCUT2D eigenvalue weighted by Gasteiger charge is 2.14. The van der Waals surface area contributed by atoms with Gasteiger partial charge in [0.05, 0.1) is 11.5 Å². The maximum atomic E-state index is 12.1. The van der Waals surface area contributed by atoms with Crippen LogP contribution in [0.25, 0.3) is 0 Å². The fourth-order valence-corrected chi connectivity index (χ4v) is 4.04. The van der Waals surface area contributed by atoms with Crippen LogP contribution in [-0.2, 0) is 20.8 Å². The second-order valence-electron chi connectivity index (χ2n) is 7.19. The van der Waals surface area contributed by atoms with E-state index in [1.165, 1.54) is 38.5 Å². The molecule has 0 saturated carbocycles. The minimum atomic E-state index is -3.61. The van der Waals surface area contributed by atoms with Crippen LogP contribution < -0.4 is 0 Å². The molecule has 0 aliphatic carbocycles. The first kappa shape index (κ1) is 21.7. The lowest BCUT2D eigenvalue weighted by atomic mass is 10.1. The Morgan fingerprint density at radius 3 is 1.89 bits per heavy atom. The molecule has 1 aromatic carbocycles. The summed E-state index contributed by atoms with van der Waals surface area (Å²) in [5, 5.41) is 0. The minimum Gasteiger partial charge on any atom is -0.354 e. The van der Waals surface area contributed by atoms with Gasteiger partial charge in [-0.15, -0.1) is 0 Å². The zero-order chi connectivity index (χ0) is 19.4. The summed E-state index contributed by atoms with van der Waals surface area (Å²) in [5.74, 6) is 0. The summed E-state index contributed by atoms with van der Waals surface area (Å²) in [5.41, 5.74) is 1.04. The zero-order valence-corrected chi connectivity index (χ0v) is 17.3. The molecule has 27 heavy (non-hydrogen) atoms. The van der Waals surface area contributed by atoms with E-state index in [1.54, 1.807) is 24.3 Å². The van der Waals surface area contributed by atoms with Crippen molar-refractivity contribution in [3.05, 3.63) is 54.4 Å². The summed E-state index contributed by atoms with van der Waals surface area (Å²) in [4.78, 5) is 0.241. The number of rotatable bonds is 14. The molecule has 0 spiro atoms. The summed E-state index contributed by atoms with van der Waals surface area (Å²) in [7, 11) is -3.61. The molecule has 2 aromatic rings. The van der Waals surface area contributed by atoms with Gasteiger partial charge in [0.25, 0.3) is 10.1 Å². The Kier molecular flexibility index (Phi) is 9.64. The number of hydrogen-bond donors (Lipinski definition) is 0. The number of nitrogens with zero attached hydrogens (tertiary/aromatic N) is 1.